The SMILES string of the molecule is CCOc1ccc(Oc2ccccc2NC(=O)c2cc(S(=O)(=O)NC)ccc2F)cc1. The standard InChI is InChI=1S/C22H21FN2O5S/c1-3-29-15-8-10-16(11-9-15)30-21-7-5-4-6-20(21)25-22(26)18-14-17(12-13-19(18)23)31(27,28)24-2/h4-14,24H,3H2,1-2H3,(H,25,26). The van der Waals surface area contributed by atoms with Crippen LogP contribution in [0.5, 0.6) is 17.2 Å². The van der Waals surface area contributed by atoms with E-state index >= 15 is 0 Å². The zero-order valence-corrected chi connectivity index (χ0v) is 17.7. The lowest BCUT2D eigenvalue weighted by Gasteiger charge is -2.13. The largest absolute Gasteiger partial charge is 0.494 e. The van der Waals surface area contributed by atoms with Crippen LogP contribution >= 0.6 is 0 Å². The van der Waals surface area contributed by atoms with E-state index in [9.17, 15) is 17.6 Å². The number of anilines is 1. The van der Waals surface area contributed by atoms with E-state index in [0.29, 0.717) is 29.5 Å². The molecule has 162 valence electrons. The summed E-state index contributed by atoms with van der Waals surface area (Å²) in [5.41, 5.74) is -0.116. The number of halogens is 1. The minimum atomic E-state index is -3.83. The monoisotopic (exact) mass is 444 g/mol. The van der Waals surface area contributed by atoms with Crippen LogP contribution < -0.4 is 19.5 Å². The Kier molecular flexibility index (Phi) is 6.88. The zero-order valence-electron chi connectivity index (χ0n) is 16.9. The average Bonchev–Trinajstić information content (AvgIpc) is 2.76. The molecule has 0 aliphatic carbocycles. The molecule has 0 bridgehead atoms. The summed E-state index contributed by atoms with van der Waals surface area (Å²) in [6.07, 6.45) is 0. The highest BCUT2D eigenvalue weighted by molar-refractivity contribution is 7.89. The smallest absolute Gasteiger partial charge is 0.258 e. The van der Waals surface area contributed by atoms with Crippen LogP contribution in [0.15, 0.2) is 71.6 Å². The number of hydrogen-bond donors (Lipinski definition) is 2. The van der Waals surface area contributed by atoms with Crippen molar-refractivity contribution in [2.45, 2.75) is 11.8 Å². The molecule has 1 amide bonds. The molecule has 0 saturated heterocycles. The minimum Gasteiger partial charge on any atom is -0.494 e. The molecule has 0 saturated carbocycles. The van der Waals surface area contributed by atoms with E-state index in [1.807, 2.05) is 6.92 Å². The third-order valence-corrected chi connectivity index (χ3v) is 5.67. The predicted molar refractivity (Wildman–Crippen MR) is 115 cm³/mol. The second-order valence-corrected chi connectivity index (χ2v) is 8.19. The average molecular weight is 444 g/mol. The molecule has 9 heteroatoms. The van der Waals surface area contributed by atoms with Crippen molar-refractivity contribution in [3.05, 3.63) is 78.1 Å². The Morgan fingerprint density at radius 1 is 1.00 bits per heavy atom. The fraction of sp³-hybridized carbons (Fsp3) is 0.136. The highest BCUT2D eigenvalue weighted by Crippen LogP contribution is 2.31. The van der Waals surface area contributed by atoms with Gasteiger partial charge in [0.05, 0.1) is 22.8 Å². The number of ether oxygens (including phenoxy) is 2. The molecule has 0 aliphatic rings. The lowest BCUT2D eigenvalue weighted by Crippen LogP contribution is -2.20. The Hall–Kier alpha value is -3.43. The van der Waals surface area contributed by atoms with Crippen molar-refractivity contribution in [2.75, 3.05) is 19.0 Å². The second kappa shape index (κ2) is 9.59. The second-order valence-electron chi connectivity index (χ2n) is 6.31. The predicted octanol–water partition coefficient (Wildman–Crippen LogP) is 4.18. The van der Waals surface area contributed by atoms with Gasteiger partial charge in [0, 0.05) is 0 Å². The minimum absolute atomic E-state index is 0.222. The van der Waals surface area contributed by atoms with Gasteiger partial charge in [0.1, 0.15) is 17.3 Å². The Balaban J connectivity index is 1.84. The molecule has 0 spiro atoms. The molecule has 3 rings (SSSR count). The van der Waals surface area contributed by atoms with Crippen molar-refractivity contribution in [3.8, 4) is 17.2 Å². The fourth-order valence-electron chi connectivity index (χ4n) is 2.71. The van der Waals surface area contributed by atoms with Crippen LogP contribution in [0.25, 0.3) is 0 Å². The van der Waals surface area contributed by atoms with Crippen molar-refractivity contribution >= 4 is 21.6 Å². The van der Waals surface area contributed by atoms with E-state index in [-0.39, 0.29) is 4.90 Å². The van der Waals surface area contributed by atoms with Crippen LogP contribution in [-0.4, -0.2) is 28.0 Å². The van der Waals surface area contributed by atoms with Crippen LogP contribution in [0.2, 0.25) is 0 Å². The van der Waals surface area contributed by atoms with E-state index in [2.05, 4.69) is 10.0 Å². The van der Waals surface area contributed by atoms with Gasteiger partial charge in [-0.05, 0) is 68.6 Å². The lowest BCUT2D eigenvalue weighted by atomic mass is 10.2. The molecule has 0 aromatic heterocycles. The fourth-order valence-corrected chi connectivity index (χ4v) is 3.47. The van der Waals surface area contributed by atoms with Gasteiger partial charge in [-0.2, -0.15) is 0 Å². The number of nitrogens with one attached hydrogen (secondary N) is 2. The topological polar surface area (TPSA) is 93.7 Å². The van der Waals surface area contributed by atoms with Gasteiger partial charge in [-0.25, -0.2) is 17.5 Å². The Morgan fingerprint density at radius 2 is 1.68 bits per heavy atom. The summed E-state index contributed by atoms with van der Waals surface area (Å²) in [5.74, 6) is -0.118. The van der Waals surface area contributed by atoms with E-state index in [1.165, 1.54) is 7.05 Å². The van der Waals surface area contributed by atoms with Crippen LogP contribution in [0, 0.1) is 5.82 Å². The third-order valence-electron chi connectivity index (χ3n) is 4.26. The third kappa shape index (κ3) is 5.39. The maximum absolute atomic E-state index is 14.2. The number of amides is 1. The first-order valence-corrected chi connectivity index (χ1v) is 10.9. The van der Waals surface area contributed by atoms with Crippen LogP contribution in [0.4, 0.5) is 10.1 Å². The molecule has 0 atom stereocenters. The van der Waals surface area contributed by atoms with Gasteiger partial charge >= 0.3 is 0 Å². The summed E-state index contributed by atoms with van der Waals surface area (Å²) < 4.78 is 51.5. The number of carbonyl (C=O) groups excluding carboxylic acids is 1. The van der Waals surface area contributed by atoms with Gasteiger partial charge in [0.25, 0.3) is 5.91 Å². The molecule has 0 unspecified atom stereocenters. The number of para-hydroxylation sites is 2. The van der Waals surface area contributed by atoms with Gasteiger partial charge in [0.15, 0.2) is 5.75 Å². The summed E-state index contributed by atoms with van der Waals surface area (Å²) in [6.45, 7) is 2.43. The molecule has 31 heavy (non-hydrogen) atoms. The normalized spacial score (nSPS) is 11.1. The first-order valence-electron chi connectivity index (χ1n) is 9.38. The van der Waals surface area contributed by atoms with Gasteiger partial charge < -0.3 is 14.8 Å². The number of benzene rings is 3. The van der Waals surface area contributed by atoms with Gasteiger partial charge in [-0.15, -0.1) is 0 Å². The van der Waals surface area contributed by atoms with Gasteiger partial charge in [0.2, 0.25) is 10.0 Å². The quantitative estimate of drug-likeness (QED) is 0.544. The molecule has 0 fully saturated rings. The van der Waals surface area contributed by atoms with Gasteiger partial charge in [-0.1, -0.05) is 12.1 Å². The highest BCUT2D eigenvalue weighted by Gasteiger charge is 2.19. The van der Waals surface area contributed by atoms with Crippen LogP contribution in [0.1, 0.15) is 17.3 Å². The molecular formula is C22H21FN2O5S. The van der Waals surface area contributed by atoms with Crippen molar-refractivity contribution in [1.82, 2.24) is 4.72 Å². The number of carbonyl (C=O) groups is 1. The molecule has 0 radical (unpaired) electrons. The first kappa shape index (κ1) is 22.3. The highest BCUT2D eigenvalue weighted by atomic mass is 32.2. The summed E-state index contributed by atoms with van der Waals surface area (Å²) in [4.78, 5) is 12.5. The first-order chi connectivity index (χ1) is 14.8. The Morgan fingerprint density at radius 3 is 2.35 bits per heavy atom. The Labute approximate surface area is 179 Å². The van der Waals surface area contributed by atoms with E-state index in [0.717, 1.165) is 18.2 Å². The molecule has 3 aromatic carbocycles. The van der Waals surface area contributed by atoms with E-state index in [1.54, 1.807) is 48.5 Å². The molecule has 2 N–H and O–H groups in total. The summed E-state index contributed by atoms with van der Waals surface area (Å²) >= 11 is 0. The number of hydrogen-bond acceptors (Lipinski definition) is 5. The van der Waals surface area contributed by atoms with E-state index < -0.39 is 27.3 Å². The van der Waals surface area contributed by atoms with Crippen molar-refractivity contribution in [2.24, 2.45) is 0 Å². The molecule has 0 aliphatic heterocycles. The lowest BCUT2D eigenvalue weighted by molar-refractivity contribution is 0.102. The number of rotatable bonds is 8. The van der Waals surface area contributed by atoms with Crippen molar-refractivity contribution < 1.29 is 27.1 Å². The maximum Gasteiger partial charge on any atom is 0.258 e. The molecule has 3 aromatic rings. The Bertz CT molecular complexity index is 1180. The van der Waals surface area contributed by atoms with E-state index in [4.69, 9.17) is 9.47 Å². The zero-order chi connectivity index (χ0) is 22.4. The summed E-state index contributed by atoms with van der Waals surface area (Å²) in [5, 5.41) is 2.57. The maximum atomic E-state index is 14.2. The van der Waals surface area contributed by atoms with Crippen molar-refractivity contribution in [1.29, 1.82) is 0 Å². The molecule has 7 nitrogen and oxygen atoms in total. The molecular weight excluding hydrogens is 423 g/mol. The van der Waals surface area contributed by atoms with Crippen LogP contribution in [-0.2, 0) is 10.0 Å². The summed E-state index contributed by atoms with van der Waals surface area (Å²) in [6, 6.07) is 16.6. The number of sulfonamides is 1. The van der Waals surface area contributed by atoms with Crippen molar-refractivity contribution in [3.63, 3.8) is 0 Å². The summed E-state index contributed by atoms with van der Waals surface area (Å²) in [7, 11) is -2.60. The van der Waals surface area contributed by atoms with Gasteiger partial charge in [-0.3, -0.25) is 4.79 Å². The molecule has 0 heterocycles. The van der Waals surface area contributed by atoms with Crippen LogP contribution in [0.3, 0.4) is 0 Å².